The lowest BCUT2D eigenvalue weighted by Gasteiger charge is -2.20. The standard InChI is InChI=1S/C16H20N2O/c1-17-13-8-6-7-12(11-13)16(18-2)14-9-4-5-10-15(14)19-3/h4-11,16-18H,1-3H3. The molecule has 0 aromatic heterocycles. The van der Waals surface area contributed by atoms with Crippen molar-refractivity contribution in [2.45, 2.75) is 6.04 Å². The highest BCUT2D eigenvalue weighted by atomic mass is 16.5. The second kappa shape index (κ2) is 6.25. The van der Waals surface area contributed by atoms with Crippen LogP contribution in [0.1, 0.15) is 17.2 Å². The zero-order valence-corrected chi connectivity index (χ0v) is 11.6. The fraction of sp³-hybridized carbons (Fsp3) is 0.250. The van der Waals surface area contributed by atoms with Gasteiger partial charge in [-0.05, 0) is 30.8 Å². The molecule has 2 N–H and O–H groups in total. The van der Waals surface area contributed by atoms with Crippen molar-refractivity contribution in [1.29, 1.82) is 0 Å². The van der Waals surface area contributed by atoms with Crippen molar-refractivity contribution in [3.05, 3.63) is 59.7 Å². The van der Waals surface area contributed by atoms with Gasteiger partial charge >= 0.3 is 0 Å². The number of para-hydroxylation sites is 1. The van der Waals surface area contributed by atoms with E-state index in [1.807, 2.05) is 32.3 Å². The second-order valence-electron chi connectivity index (χ2n) is 4.34. The third kappa shape index (κ3) is 2.88. The van der Waals surface area contributed by atoms with E-state index in [1.54, 1.807) is 7.11 Å². The molecule has 0 saturated carbocycles. The van der Waals surface area contributed by atoms with Crippen LogP contribution in [0.4, 0.5) is 5.69 Å². The van der Waals surface area contributed by atoms with Crippen LogP contribution in [-0.4, -0.2) is 21.2 Å². The lowest BCUT2D eigenvalue weighted by atomic mass is 9.97. The Morgan fingerprint density at radius 2 is 1.79 bits per heavy atom. The maximum atomic E-state index is 5.45. The van der Waals surface area contributed by atoms with Crippen molar-refractivity contribution in [2.75, 3.05) is 26.5 Å². The Morgan fingerprint density at radius 1 is 1.00 bits per heavy atom. The molecule has 0 bridgehead atoms. The van der Waals surface area contributed by atoms with Crippen molar-refractivity contribution in [1.82, 2.24) is 5.32 Å². The van der Waals surface area contributed by atoms with Crippen molar-refractivity contribution < 1.29 is 4.74 Å². The predicted octanol–water partition coefficient (Wildman–Crippen LogP) is 3.05. The van der Waals surface area contributed by atoms with Gasteiger partial charge in [0.25, 0.3) is 0 Å². The topological polar surface area (TPSA) is 33.3 Å². The molecule has 3 nitrogen and oxygen atoms in total. The maximum Gasteiger partial charge on any atom is 0.123 e. The van der Waals surface area contributed by atoms with Gasteiger partial charge in [0.2, 0.25) is 0 Å². The highest BCUT2D eigenvalue weighted by molar-refractivity contribution is 5.49. The fourth-order valence-electron chi connectivity index (χ4n) is 2.28. The molecule has 0 heterocycles. The molecule has 0 aliphatic rings. The Balaban J connectivity index is 2.43. The Kier molecular flexibility index (Phi) is 4.42. The Morgan fingerprint density at radius 3 is 2.47 bits per heavy atom. The summed E-state index contributed by atoms with van der Waals surface area (Å²) < 4.78 is 5.45. The van der Waals surface area contributed by atoms with Gasteiger partial charge in [0, 0.05) is 18.3 Å². The third-order valence-electron chi connectivity index (χ3n) is 3.25. The minimum absolute atomic E-state index is 0.115. The molecule has 0 aliphatic carbocycles. The molecule has 1 atom stereocenters. The first-order valence-corrected chi connectivity index (χ1v) is 6.38. The van der Waals surface area contributed by atoms with Crippen LogP contribution in [0.2, 0.25) is 0 Å². The molecule has 0 amide bonds. The smallest absolute Gasteiger partial charge is 0.123 e. The molecule has 0 fully saturated rings. The lowest BCUT2D eigenvalue weighted by molar-refractivity contribution is 0.405. The van der Waals surface area contributed by atoms with E-state index < -0.39 is 0 Å². The van der Waals surface area contributed by atoms with Crippen LogP contribution in [0.15, 0.2) is 48.5 Å². The summed E-state index contributed by atoms with van der Waals surface area (Å²) in [7, 11) is 5.59. The molecule has 0 spiro atoms. The van der Waals surface area contributed by atoms with E-state index in [0.29, 0.717) is 0 Å². The summed E-state index contributed by atoms with van der Waals surface area (Å²) in [6.07, 6.45) is 0. The SMILES string of the molecule is CNc1cccc(C(NC)c2ccccc2OC)c1. The normalized spacial score (nSPS) is 11.9. The number of methoxy groups -OCH3 is 1. The lowest BCUT2D eigenvalue weighted by Crippen LogP contribution is -2.18. The predicted molar refractivity (Wildman–Crippen MR) is 79.9 cm³/mol. The van der Waals surface area contributed by atoms with Crippen LogP contribution < -0.4 is 15.4 Å². The van der Waals surface area contributed by atoms with Gasteiger partial charge in [-0.3, -0.25) is 0 Å². The second-order valence-corrected chi connectivity index (χ2v) is 4.34. The van der Waals surface area contributed by atoms with Crippen molar-refractivity contribution in [3.8, 4) is 5.75 Å². The number of anilines is 1. The quantitative estimate of drug-likeness (QED) is 0.862. The molecule has 2 rings (SSSR count). The summed E-state index contributed by atoms with van der Waals surface area (Å²) in [4.78, 5) is 0. The molecule has 2 aromatic carbocycles. The number of nitrogens with one attached hydrogen (secondary N) is 2. The van der Waals surface area contributed by atoms with Gasteiger partial charge in [-0.1, -0.05) is 30.3 Å². The minimum Gasteiger partial charge on any atom is -0.496 e. The Hall–Kier alpha value is -2.00. The molecule has 0 aliphatic heterocycles. The van der Waals surface area contributed by atoms with Crippen molar-refractivity contribution in [3.63, 3.8) is 0 Å². The Bertz CT molecular complexity index is 540. The first kappa shape index (κ1) is 13.4. The van der Waals surface area contributed by atoms with Gasteiger partial charge in [-0.2, -0.15) is 0 Å². The van der Waals surface area contributed by atoms with E-state index in [9.17, 15) is 0 Å². The molecular weight excluding hydrogens is 236 g/mol. The number of benzene rings is 2. The van der Waals surface area contributed by atoms with Crippen LogP contribution in [0.25, 0.3) is 0 Å². The number of ether oxygens (including phenoxy) is 1. The van der Waals surface area contributed by atoms with E-state index in [0.717, 1.165) is 17.0 Å². The monoisotopic (exact) mass is 256 g/mol. The number of rotatable bonds is 5. The van der Waals surface area contributed by atoms with E-state index >= 15 is 0 Å². The summed E-state index contributed by atoms with van der Waals surface area (Å²) in [5, 5.41) is 6.52. The fourth-order valence-corrected chi connectivity index (χ4v) is 2.28. The summed E-state index contributed by atoms with van der Waals surface area (Å²) in [5.41, 5.74) is 3.45. The van der Waals surface area contributed by atoms with Crippen LogP contribution in [0.3, 0.4) is 0 Å². The number of hydrogen-bond donors (Lipinski definition) is 2. The minimum atomic E-state index is 0.115. The summed E-state index contributed by atoms with van der Waals surface area (Å²) in [6.45, 7) is 0. The van der Waals surface area contributed by atoms with Crippen molar-refractivity contribution in [2.24, 2.45) is 0 Å². The van der Waals surface area contributed by atoms with Crippen LogP contribution in [0, 0.1) is 0 Å². The number of hydrogen-bond acceptors (Lipinski definition) is 3. The maximum absolute atomic E-state index is 5.45. The van der Waals surface area contributed by atoms with E-state index in [4.69, 9.17) is 4.74 Å². The van der Waals surface area contributed by atoms with E-state index in [2.05, 4.69) is 41.0 Å². The largest absolute Gasteiger partial charge is 0.496 e. The summed E-state index contributed by atoms with van der Waals surface area (Å²) in [5.74, 6) is 0.900. The van der Waals surface area contributed by atoms with Gasteiger partial charge in [0.05, 0.1) is 13.2 Å². The summed E-state index contributed by atoms with van der Waals surface area (Å²) >= 11 is 0. The average molecular weight is 256 g/mol. The highest BCUT2D eigenvalue weighted by Gasteiger charge is 2.16. The molecule has 1 unspecified atom stereocenters. The highest BCUT2D eigenvalue weighted by Crippen LogP contribution is 2.30. The average Bonchev–Trinajstić information content (AvgIpc) is 2.49. The van der Waals surface area contributed by atoms with Gasteiger partial charge < -0.3 is 15.4 Å². The zero-order valence-electron chi connectivity index (χ0n) is 11.6. The molecule has 3 heteroatoms. The summed E-state index contributed by atoms with van der Waals surface area (Å²) in [6, 6.07) is 16.6. The van der Waals surface area contributed by atoms with Gasteiger partial charge in [-0.25, -0.2) is 0 Å². The third-order valence-corrected chi connectivity index (χ3v) is 3.25. The van der Waals surface area contributed by atoms with E-state index in [-0.39, 0.29) is 6.04 Å². The molecule has 0 saturated heterocycles. The van der Waals surface area contributed by atoms with Gasteiger partial charge in [-0.15, -0.1) is 0 Å². The van der Waals surface area contributed by atoms with E-state index in [1.165, 1.54) is 5.56 Å². The molecule has 100 valence electrons. The molecule has 19 heavy (non-hydrogen) atoms. The molecular formula is C16H20N2O. The zero-order chi connectivity index (χ0) is 13.7. The van der Waals surface area contributed by atoms with Gasteiger partial charge in [0.15, 0.2) is 0 Å². The van der Waals surface area contributed by atoms with Crippen LogP contribution in [0.5, 0.6) is 5.75 Å². The molecule has 0 radical (unpaired) electrons. The van der Waals surface area contributed by atoms with Crippen molar-refractivity contribution >= 4 is 5.69 Å². The van der Waals surface area contributed by atoms with Crippen LogP contribution >= 0.6 is 0 Å². The Labute approximate surface area is 114 Å². The first-order chi connectivity index (χ1) is 9.30. The van der Waals surface area contributed by atoms with Gasteiger partial charge in [0.1, 0.15) is 5.75 Å². The van der Waals surface area contributed by atoms with Crippen LogP contribution in [-0.2, 0) is 0 Å². The first-order valence-electron chi connectivity index (χ1n) is 6.38. The molecule has 2 aromatic rings.